The molecule has 106 valence electrons. The summed E-state index contributed by atoms with van der Waals surface area (Å²) >= 11 is 0. The van der Waals surface area contributed by atoms with E-state index in [2.05, 4.69) is 0 Å². The van der Waals surface area contributed by atoms with Crippen molar-refractivity contribution in [3.8, 4) is 0 Å². The van der Waals surface area contributed by atoms with Crippen LogP contribution in [0.2, 0.25) is 0 Å². The van der Waals surface area contributed by atoms with Crippen LogP contribution in [-0.2, 0) is 16.1 Å². The molecule has 1 aliphatic heterocycles. The largest absolute Gasteiger partial charge is 0.388 e. The molecule has 1 heterocycles. The fraction of sp³-hybridized carbons (Fsp3) is 0.538. The highest BCUT2D eigenvalue weighted by Gasteiger charge is 2.54. The Kier molecular flexibility index (Phi) is 4.46. The van der Waals surface area contributed by atoms with Crippen molar-refractivity contribution in [3.05, 3.63) is 35.9 Å². The Bertz CT molecular complexity index is 399. The Balaban J connectivity index is 1.86. The molecule has 1 aromatic rings. The van der Waals surface area contributed by atoms with Crippen molar-refractivity contribution in [1.82, 2.24) is 0 Å². The fourth-order valence-corrected chi connectivity index (χ4v) is 1.88. The zero-order valence-electron chi connectivity index (χ0n) is 10.2. The average Bonchev–Trinajstić information content (AvgIpc) is 2.40. The van der Waals surface area contributed by atoms with E-state index in [1.807, 2.05) is 30.3 Å². The molecular weight excluding hydrogens is 258 g/mol. The lowest BCUT2D eigenvalue weighted by Crippen LogP contribution is -2.59. The first-order valence-electron chi connectivity index (χ1n) is 5.99. The van der Waals surface area contributed by atoms with Crippen LogP contribution in [0.5, 0.6) is 0 Å². The first-order valence-corrected chi connectivity index (χ1v) is 5.99. The third-order valence-electron chi connectivity index (χ3n) is 3.04. The minimum Gasteiger partial charge on any atom is -0.388 e. The smallest absolute Gasteiger partial charge is 0.303 e. The number of halogens is 2. The van der Waals surface area contributed by atoms with Crippen molar-refractivity contribution >= 4 is 0 Å². The van der Waals surface area contributed by atoms with E-state index in [1.165, 1.54) is 0 Å². The lowest BCUT2D eigenvalue weighted by molar-refractivity contribution is -0.273. The number of ether oxygens (including phenoxy) is 2. The van der Waals surface area contributed by atoms with Crippen LogP contribution in [-0.4, -0.2) is 47.7 Å². The van der Waals surface area contributed by atoms with Gasteiger partial charge in [-0.25, -0.2) is 8.78 Å². The Labute approximate surface area is 109 Å². The normalized spacial score (nSPS) is 30.2. The van der Waals surface area contributed by atoms with E-state index in [4.69, 9.17) is 14.6 Å². The maximum atomic E-state index is 13.6. The number of alkyl halides is 2. The van der Waals surface area contributed by atoms with E-state index in [1.54, 1.807) is 0 Å². The van der Waals surface area contributed by atoms with Gasteiger partial charge in [0.2, 0.25) is 0 Å². The number of hydrogen-bond donors (Lipinski definition) is 2. The van der Waals surface area contributed by atoms with Crippen molar-refractivity contribution in [2.75, 3.05) is 13.2 Å². The van der Waals surface area contributed by atoms with Gasteiger partial charge in [0.1, 0.15) is 18.3 Å². The van der Waals surface area contributed by atoms with Gasteiger partial charge < -0.3 is 19.7 Å². The minimum atomic E-state index is -3.52. The summed E-state index contributed by atoms with van der Waals surface area (Å²) in [5, 5.41) is 18.4. The number of aliphatic hydroxyl groups is 2. The van der Waals surface area contributed by atoms with Crippen LogP contribution >= 0.6 is 0 Å². The van der Waals surface area contributed by atoms with Gasteiger partial charge in [-0.15, -0.1) is 0 Å². The fourth-order valence-electron chi connectivity index (χ4n) is 1.88. The van der Waals surface area contributed by atoms with Gasteiger partial charge >= 0.3 is 5.92 Å². The molecule has 1 aliphatic rings. The SMILES string of the molecule is O[C@H]1CO[C@H](COCc2ccccc2)C(F)(F)[C@H]1O. The molecular formula is C13H16F2O4. The standard InChI is InChI=1S/C13H16F2O4/c14-13(15)11(19-7-10(16)12(13)17)8-18-6-9-4-2-1-3-5-9/h1-5,10-12,16-17H,6-8H2/t10-,11+,12-/m0/s1. The van der Waals surface area contributed by atoms with E-state index in [-0.39, 0.29) is 19.8 Å². The molecule has 2 rings (SSSR count). The summed E-state index contributed by atoms with van der Waals surface area (Å²) < 4.78 is 37.3. The second kappa shape index (κ2) is 5.92. The molecule has 4 nitrogen and oxygen atoms in total. The molecule has 1 aromatic carbocycles. The maximum absolute atomic E-state index is 13.6. The molecule has 19 heavy (non-hydrogen) atoms. The molecule has 0 amide bonds. The summed E-state index contributed by atoms with van der Waals surface area (Å²) in [7, 11) is 0. The molecule has 3 atom stereocenters. The van der Waals surface area contributed by atoms with Gasteiger partial charge in [0.25, 0.3) is 0 Å². The van der Waals surface area contributed by atoms with Gasteiger partial charge in [-0.05, 0) is 5.56 Å². The van der Waals surface area contributed by atoms with Gasteiger partial charge in [-0.1, -0.05) is 30.3 Å². The van der Waals surface area contributed by atoms with E-state index >= 15 is 0 Å². The lowest BCUT2D eigenvalue weighted by atomic mass is 9.99. The second-order valence-electron chi connectivity index (χ2n) is 4.51. The van der Waals surface area contributed by atoms with E-state index in [0.717, 1.165) is 5.56 Å². The Morgan fingerprint density at radius 1 is 1.26 bits per heavy atom. The Hall–Kier alpha value is -1.08. The average molecular weight is 274 g/mol. The van der Waals surface area contributed by atoms with Crippen molar-refractivity contribution in [1.29, 1.82) is 0 Å². The number of benzene rings is 1. The third kappa shape index (κ3) is 3.27. The van der Waals surface area contributed by atoms with E-state index in [0.29, 0.717) is 0 Å². The van der Waals surface area contributed by atoms with Crippen molar-refractivity contribution in [2.24, 2.45) is 0 Å². The number of aliphatic hydroxyl groups excluding tert-OH is 2. The van der Waals surface area contributed by atoms with E-state index in [9.17, 15) is 13.9 Å². The summed E-state index contributed by atoms with van der Waals surface area (Å²) in [6.07, 6.45) is -5.23. The van der Waals surface area contributed by atoms with Crippen LogP contribution < -0.4 is 0 Å². The molecule has 0 aliphatic carbocycles. The molecule has 2 N–H and O–H groups in total. The van der Waals surface area contributed by atoms with Crippen LogP contribution in [0.3, 0.4) is 0 Å². The molecule has 6 heteroatoms. The molecule has 0 spiro atoms. The summed E-state index contributed by atoms with van der Waals surface area (Å²) in [5.41, 5.74) is 0.863. The highest BCUT2D eigenvalue weighted by molar-refractivity contribution is 5.13. The Morgan fingerprint density at radius 3 is 2.63 bits per heavy atom. The predicted octanol–water partition coefficient (Wildman–Crippen LogP) is 0.959. The minimum absolute atomic E-state index is 0.190. The zero-order valence-corrected chi connectivity index (χ0v) is 10.2. The molecule has 0 bridgehead atoms. The van der Waals surface area contributed by atoms with Crippen LogP contribution in [0.15, 0.2) is 30.3 Å². The number of hydrogen-bond acceptors (Lipinski definition) is 4. The quantitative estimate of drug-likeness (QED) is 0.858. The van der Waals surface area contributed by atoms with Crippen molar-refractivity contribution in [2.45, 2.75) is 30.8 Å². The van der Waals surface area contributed by atoms with Crippen molar-refractivity contribution < 1.29 is 28.5 Å². The van der Waals surface area contributed by atoms with E-state index < -0.39 is 24.2 Å². The van der Waals surface area contributed by atoms with Gasteiger partial charge in [0.05, 0.1) is 19.8 Å². The van der Waals surface area contributed by atoms with Crippen LogP contribution in [0.4, 0.5) is 8.78 Å². The van der Waals surface area contributed by atoms with Gasteiger partial charge in [0.15, 0.2) is 0 Å². The molecule has 1 fully saturated rings. The summed E-state index contributed by atoms with van der Waals surface area (Å²) in [6.45, 7) is -0.475. The van der Waals surface area contributed by atoms with Crippen LogP contribution in [0, 0.1) is 0 Å². The maximum Gasteiger partial charge on any atom is 0.303 e. The summed E-state index contributed by atoms with van der Waals surface area (Å²) in [4.78, 5) is 0. The molecule has 0 saturated carbocycles. The lowest BCUT2D eigenvalue weighted by Gasteiger charge is -2.37. The molecule has 0 aromatic heterocycles. The van der Waals surface area contributed by atoms with Gasteiger partial charge in [-0.3, -0.25) is 0 Å². The molecule has 0 radical (unpaired) electrons. The molecule has 0 unspecified atom stereocenters. The first-order chi connectivity index (χ1) is 9.01. The monoisotopic (exact) mass is 274 g/mol. The first kappa shape index (κ1) is 14.3. The van der Waals surface area contributed by atoms with Gasteiger partial charge in [-0.2, -0.15) is 0 Å². The van der Waals surface area contributed by atoms with Gasteiger partial charge in [0, 0.05) is 0 Å². The second-order valence-corrected chi connectivity index (χ2v) is 4.51. The third-order valence-corrected chi connectivity index (χ3v) is 3.04. The topological polar surface area (TPSA) is 58.9 Å². The summed E-state index contributed by atoms with van der Waals surface area (Å²) in [5.74, 6) is -3.52. The molecule has 1 saturated heterocycles. The summed E-state index contributed by atoms with van der Waals surface area (Å²) in [6, 6.07) is 9.13. The Morgan fingerprint density at radius 2 is 1.95 bits per heavy atom. The van der Waals surface area contributed by atoms with Crippen LogP contribution in [0.25, 0.3) is 0 Å². The van der Waals surface area contributed by atoms with Crippen LogP contribution in [0.1, 0.15) is 5.56 Å². The number of rotatable bonds is 4. The van der Waals surface area contributed by atoms with Crippen molar-refractivity contribution in [3.63, 3.8) is 0 Å². The highest BCUT2D eigenvalue weighted by atomic mass is 19.3. The zero-order chi connectivity index (χ0) is 13.9. The predicted molar refractivity (Wildman–Crippen MR) is 62.8 cm³/mol. The highest BCUT2D eigenvalue weighted by Crippen LogP contribution is 2.32.